The number of methoxy groups -OCH3 is 3. The number of nitrogens with zero attached hydrogens (tertiary/aromatic N) is 2. The van der Waals surface area contributed by atoms with Crippen LogP contribution in [0.3, 0.4) is 0 Å². The molecule has 0 saturated carbocycles. The summed E-state index contributed by atoms with van der Waals surface area (Å²) in [5.41, 5.74) is 7.92. The number of rotatable bonds is 5. The number of nitrogens with one attached hydrogen (secondary N) is 1. The van der Waals surface area contributed by atoms with Gasteiger partial charge in [-0.2, -0.15) is 0 Å². The van der Waals surface area contributed by atoms with Crippen molar-refractivity contribution in [2.75, 3.05) is 32.4 Å². The van der Waals surface area contributed by atoms with Gasteiger partial charge in [0.1, 0.15) is 12.1 Å². The molecular formula is C18H18N4O4. The van der Waals surface area contributed by atoms with Crippen molar-refractivity contribution in [2.24, 2.45) is 0 Å². The van der Waals surface area contributed by atoms with Crippen molar-refractivity contribution >= 4 is 34.1 Å². The molecule has 0 spiro atoms. The number of hydrogen-bond acceptors (Lipinski definition) is 8. The second-order valence-electron chi connectivity index (χ2n) is 5.41. The van der Waals surface area contributed by atoms with Gasteiger partial charge in [-0.1, -0.05) is 0 Å². The van der Waals surface area contributed by atoms with Crippen molar-refractivity contribution in [3.63, 3.8) is 0 Å². The molecule has 8 heteroatoms. The lowest BCUT2D eigenvalue weighted by Gasteiger charge is -2.13. The molecule has 0 bridgehead atoms. The summed E-state index contributed by atoms with van der Waals surface area (Å²) in [5.74, 6) is 1.19. The lowest BCUT2D eigenvalue weighted by molar-refractivity contribution is 0.0601. The van der Waals surface area contributed by atoms with E-state index in [1.807, 2.05) is 0 Å². The van der Waals surface area contributed by atoms with Gasteiger partial charge in [-0.05, 0) is 24.3 Å². The van der Waals surface area contributed by atoms with Crippen LogP contribution >= 0.6 is 0 Å². The summed E-state index contributed by atoms with van der Waals surface area (Å²) in [6.45, 7) is 0. The molecule has 1 aromatic heterocycles. The number of ether oxygens (including phenoxy) is 3. The summed E-state index contributed by atoms with van der Waals surface area (Å²) in [5, 5.41) is 3.89. The Labute approximate surface area is 149 Å². The molecule has 3 aromatic rings. The summed E-state index contributed by atoms with van der Waals surface area (Å²) in [6, 6.07) is 8.42. The molecule has 0 aliphatic rings. The van der Waals surface area contributed by atoms with Gasteiger partial charge in [0.2, 0.25) is 0 Å². The quantitative estimate of drug-likeness (QED) is 0.532. The van der Waals surface area contributed by atoms with Crippen LogP contribution in [0, 0.1) is 0 Å². The third-order valence-corrected chi connectivity index (χ3v) is 3.78. The molecule has 3 rings (SSSR count). The maximum Gasteiger partial charge on any atom is 0.337 e. The minimum absolute atomic E-state index is 0.340. The van der Waals surface area contributed by atoms with E-state index in [9.17, 15) is 4.79 Å². The average Bonchev–Trinajstić information content (AvgIpc) is 2.66. The summed E-state index contributed by atoms with van der Waals surface area (Å²) in [7, 11) is 4.43. The van der Waals surface area contributed by atoms with Crippen LogP contribution in [-0.4, -0.2) is 37.3 Å². The molecule has 0 aliphatic carbocycles. The molecule has 0 atom stereocenters. The molecule has 0 radical (unpaired) electrons. The Morgan fingerprint density at radius 1 is 1.00 bits per heavy atom. The van der Waals surface area contributed by atoms with Gasteiger partial charge in [0.15, 0.2) is 11.5 Å². The summed E-state index contributed by atoms with van der Waals surface area (Å²) in [4.78, 5) is 20.3. The van der Waals surface area contributed by atoms with Crippen molar-refractivity contribution < 1.29 is 19.0 Å². The van der Waals surface area contributed by atoms with Gasteiger partial charge in [0, 0.05) is 22.8 Å². The molecule has 2 aromatic carbocycles. The van der Waals surface area contributed by atoms with Crippen molar-refractivity contribution in [2.45, 2.75) is 0 Å². The predicted molar refractivity (Wildman–Crippen MR) is 98.1 cm³/mol. The number of benzene rings is 2. The van der Waals surface area contributed by atoms with Gasteiger partial charge < -0.3 is 25.3 Å². The van der Waals surface area contributed by atoms with E-state index in [0.717, 1.165) is 5.39 Å². The van der Waals surface area contributed by atoms with Gasteiger partial charge in [-0.3, -0.25) is 0 Å². The Kier molecular flexibility index (Phi) is 4.74. The highest BCUT2D eigenvalue weighted by atomic mass is 16.5. The topological polar surface area (TPSA) is 109 Å². The summed E-state index contributed by atoms with van der Waals surface area (Å²) >= 11 is 0. The highest BCUT2D eigenvalue weighted by molar-refractivity contribution is 5.95. The zero-order valence-electron chi connectivity index (χ0n) is 14.6. The van der Waals surface area contributed by atoms with Crippen molar-refractivity contribution in [1.82, 2.24) is 9.97 Å². The Hall–Kier alpha value is -3.55. The highest BCUT2D eigenvalue weighted by Crippen LogP contribution is 2.34. The maximum absolute atomic E-state index is 11.8. The molecule has 0 fully saturated rings. The standard InChI is InChI=1S/C18H18N4O4/c1-24-15-7-13-14(8-16(15)25-2)20-9-21-17(13)22-12-5-10(18(23)26-3)4-11(19)6-12/h4-9H,19H2,1-3H3,(H,20,21,22). The predicted octanol–water partition coefficient (Wildman–Crippen LogP) is 2.76. The van der Waals surface area contributed by atoms with Crippen LogP contribution in [0.25, 0.3) is 10.9 Å². The minimum atomic E-state index is -0.473. The smallest absolute Gasteiger partial charge is 0.337 e. The van der Waals surface area contributed by atoms with E-state index in [0.29, 0.717) is 39.8 Å². The number of hydrogen-bond donors (Lipinski definition) is 2. The van der Waals surface area contributed by atoms with Crippen molar-refractivity contribution in [1.29, 1.82) is 0 Å². The Balaban J connectivity index is 2.06. The Morgan fingerprint density at radius 3 is 2.42 bits per heavy atom. The number of nitrogen functional groups attached to an aromatic ring is 1. The van der Waals surface area contributed by atoms with Gasteiger partial charge in [0.05, 0.1) is 32.4 Å². The molecule has 0 aliphatic heterocycles. The first kappa shape index (κ1) is 17.3. The number of esters is 1. The molecule has 0 saturated heterocycles. The molecule has 3 N–H and O–H groups in total. The number of nitrogens with two attached hydrogens (primary N) is 1. The molecule has 26 heavy (non-hydrogen) atoms. The largest absolute Gasteiger partial charge is 0.493 e. The first-order chi connectivity index (χ1) is 12.5. The second-order valence-corrected chi connectivity index (χ2v) is 5.41. The molecule has 0 unspecified atom stereocenters. The minimum Gasteiger partial charge on any atom is -0.493 e. The van der Waals surface area contributed by atoms with Gasteiger partial charge in [-0.15, -0.1) is 0 Å². The SMILES string of the molecule is COC(=O)c1cc(N)cc(Nc2ncnc3cc(OC)c(OC)cc23)c1. The van der Waals surface area contributed by atoms with Crippen LogP contribution in [0.4, 0.5) is 17.2 Å². The van der Waals surface area contributed by atoms with Crippen molar-refractivity contribution in [3.8, 4) is 11.5 Å². The van der Waals surface area contributed by atoms with Crippen molar-refractivity contribution in [3.05, 3.63) is 42.2 Å². The Morgan fingerprint density at radius 2 is 1.73 bits per heavy atom. The summed E-state index contributed by atoms with van der Waals surface area (Å²) < 4.78 is 15.4. The monoisotopic (exact) mass is 354 g/mol. The van der Waals surface area contributed by atoms with Crippen LogP contribution in [0.5, 0.6) is 11.5 Å². The van der Waals surface area contributed by atoms with E-state index in [1.54, 1.807) is 44.6 Å². The zero-order chi connectivity index (χ0) is 18.7. The zero-order valence-corrected chi connectivity index (χ0v) is 14.6. The van der Waals surface area contributed by atoms with E-state index >= 15 is 0 Å². The number of fused-ring (bicyclic) bond motifs is 1. The number of anilines is 3. The number of carbonyl (C=O) groups is 1. The first-order valence-corrected chi connectivity index (χ1v) is 7.68. The van der Waals surface area contributed by atoms with E-state index in [2.05, 4.69) is 15.3 Å². The van der Waals surface area contributed by atoms with Gasteiger partial charge >= 0.3 is 5.97 Å². The third kappa shape index (κ3) is 3.30. The fourth-order valence-corrected chi connectivity index (χ4v) is 2.58. The van der Waals surface area contributed by atoms with E-state index in [1.165, 1.54) is 13.4 Å². The molecular weight excluding hydrogens is 336 g/mol. The number of carbonyl (C=O) groups excluding carboxylic acids is 1. The highest BCUT2D eigenvalue weighted by Gasteiger charge is 2.13. The van der Waals surface area contributed by atoms with Gasteiger partial charge in [-0.25, -0.2) is 14.8 Å². The van der Waals surface area contributed by atoms with Crippen LogP contribution in [0.2, 0.25) is 0 Å². The van der Waals surface area contributed by atoms with E-state index < -0.39 is 5.97 Å². The molecule has 0 amide bonds. The van der Waals surface area contributed by atoms with Crippen LogP contribution < -0.4 is 20.5 Å². The fourth-order valence-electron chi connectivity index (χ4n) is 2.58. The van der Waals surface area contributed by atoms with Crippen LogP contribution in [0.1, 0.15) is 10.4 Å². The van der Waals surface area contributed by atoms with E-state index in [4.69, 9.17) is 19.9 Å². The van der Waals surface area contributed by atoms with Crippen LogP contribution in [-0.2, 0) is 4.74 Å². The van der Waals surface area contributed by atoms with Gasteiger partial charge in [0.25, 0.3) is 0 Å². The van der Waals surface area contributed by atoms with Crippen LogP contribution in [0.15, 0.2) is 36.7 Å². The number of aromatic nitrogens is 2. The maximum atomic E-state index is 11.8. The normalized spacial score (nSPS) is 10.4. The lowest BCUT2D eigenvalue weighted by Crippen LogP contribution is -2.04. The average molecular weight is 354 g/mol. The second kappa shape index (κ2) is 7.14. The lowest BCUT2D eigenvalue weighted by atomic mass is 10.1. The van der Waals surface area contributed by atoms with E-state index in [-0.39, 0.29) is 0 Å². The molecule has 8 nitrogen and oxygen atoms in total. The Bertz CT molecular complexity index is 975. The molecule has 134 valence electrons. The third-order valence-electron chi connectivity index (χ3n) is 3.78. The molecule has 1 heterocycles. The summed E-state index contributed by atoms with van der Waals surface area (Å²) in [6.07, 6.45) is 1.43. The first-order valence-electron chi connectivity index (χ1n) is 7.68. The fraction of sp³-hybridized carbons (Fsp3) is 0.167.